The van der Waals surface area contributed by atoms with Crippen molar-refractivity contribution in [2.75, 3.05) is 18.6 Å². The standard InChI is InChI=1S/C31H32N4O3/c1-37-28-20-25(14-17-27(28)38-19-18-22-8-4-2-5-9-22)29(31(34)36)35(21-23-10-6-3-7-11-23)26-15-12-24(13-16-26)30(32)33/h2-17,20,29H,18-19,21H2,1H3,(H3,32,33)(H2,34,36). The molecule has 0 aromatic heterocycles. The molecule has 4 aromatic rings. The molecule has 0 fully saturated rings. The number of hydrogen-bond donors (Lipinski definition) is 3. The lowest BCUT2D eigenvalue weighted by Gasteiger charge is -2.32. The van der Waals surface area contributed by atoms with E-state index in [1.54, 1.807) is 25.3 Å². The number of primary amides is 1. The highest BCUT2D eigenvalue weighted by molar-refractivity contribution is 5.95. The third-order valence-corrected chi connectivity index (χ3v) is 6.28. The largest absolute Gasteiger partial charge is 0.493 e. The van der Waals surface area contributed by atoms with Crippen molar-refractivity contribution < 1.29 is 14.3 Å². The Kier molecular flexibility index (Phi) is 8.61. The molecule has 7 heteroatoms. The van der Waals surface area contributed by atoms with Crippen molar-refractivity contribution in [3.63, 3.8) is 0 Å². The van der Waals surface area contributed by atoms with E-state index >= 15 is 0 Å². The van der Waals surface area contributed by atoms with E-state index in [1.807, 2.05) is 77.7 Å². The summed E-state index contributed by atoms with van der Waals surface area (Å²) in [6.07, 6.45) is 0.761. The Bertz CT molecular complexity index is 1360. The highest BCUT2D eigenvalue weighted by Gasteiger charge is 2.28. The summed E-state index contributed by atoms with van der Waals surface area (Å²) >= 11 is 0. The fourth-order valence-electron chi connectivity index (χ4n) is 4.34. The van der Waals surface area contributed by atoms with E-state index in [0.29, 0.717) is 35.8 Å². The number of nitrogen functional groups attached to an aromatic ring is 1. The Morgan fingerprint density at radius 3 is 2.05 bits per heavy atom. The predicted octanol–water partition coefficient (Wildman–Crippen LogP) is 4.83. The number of rotatable bonds is 12. The Morgan fingerprint density at radius 1 is 0.842 bits per heavy atom. The molecule has 7 nitrogen and oxygen atoms in total. The van der Waals surface area contributed by atoms with E-state index < -0.39 is 11.9 Å². The molecule has 0 bridgehead atoms. The minimum absolute atomic E-state index is 0.0230. The average Bonchev–Trinajstić information content (AvgIpc) is 2.94. The Hall–Kier alpha value is -4.78. The van der Waals surface area contributed by atoms with E-state index in [9.17, 15) is 4.79 Å². The summed E-state index contributed by atoms with van der Waals surface area (Å²) in [5.74, 6) is 0.589. The number of ether oxygens (including phenoxy) is 2. The molecule has 0 aliphatic rings. The van der Waals surface area contributed by atoms with E-state index in [0.717, 1.165) is 17.7 Å². The number of methoxy groups -OCH3 is 1. The van der Waals surface area contributed by atoms with Crippen molar-refractivity contribution in [1.82, 2.24) is 0 Å². The van der Waals surface area contributed by atoms with Gasteiger partial charge in [0.15, 0.2) is 11.5 Å². The number of anilines is 1. The molecule has 1 amide bonds. The molecule has 0 radical (unpaired) electrons. The van der Waals surface area contributed by atoms with Gasteiger partial charge < -0.3 is 25.8 Å². The van der Waals surface area contributed by atoms with Gasteiger partial charge >= 0.3 is 0 Å². The molecule has 0 heterocycles. The van der Waals surface area contributed by atoms with Crippen LogP contribution in [0, 0.1) is 5.41 Å². The fourth-order valence-corrected chi connectivity index (χ4v) is 4.34. The minimum atomic E-state index is -0.786. The molecule has 0 saturated heterocycles. The zero-order valence-corrected chi connectivity index (χ0v) is 21.3. The van der Waals surface area contributed by atoms with Crippen molar-refractivity contribution in [2.24, 2.45) is 11.5 Å². The fraction of sp³-hybridized carbons (Fsp3) is 0.161. The first-order valence-corrected chi connectivity index (χ1v) is 12.3. The zero-order valence-electron chi connectivity index (χ0n) is 21.3. The van der Waals surface area contributed by atoms with Crippen LogP contribution in [0.15, 0.2) is 103 Å². The molecule has 38 heavy (non-hydrogen) atoms. The molecule has 194 valence electrons. The molecular weight excluding hydrogens is 476 g/mol. The van der Waals surface area contributed by atoms with Gasteiger partial charge in [0.1, 0.15) is 11.9 Å². The second-order valence-electron chi connectivity index (χ2n) is 8.87. The van der Waals surface area contributed by atoms with Crippen LogP contribution in [0.1, 0.15) is 28.3 Å². The van der Waals surface area contributed by atoms with Crippen LogP contribution in [0.25, 0.3) is 0 Å². The minimum Gasteiger partial charge on any atom is -0.493 e. The average molecular weight is 509 g/mol. The summed E-state index contributed by atoms with van der Waals surface area (Å²) in [6, 6.07) is 31.8. The van der Waals surface area contributed by atoms with Gasteiger partial charge in [-0.25, -0.2) is 0 Å². The van der Waals surface area contributed by atoms with Gasteiger partial charge in [0, 0.05) is 24.2 Å². The lowest BCUT2D eigenvalue weighted by Crippen LogP contribution is -2.37. The number of amidine groups is 1. The summed E-state index contributed by atoms with van der Waals surface area (Å²) in [5.41, 5.74) is 15.9. The maximum atomic E-state index is 12.9. The van der Waals surface area contributed by atoms with Gasteiger partial charge in [-0.1, -0.05) is 66.7 Å². The predicted molar refractivity (Wildman–Crippen MR) is 151 cm³/mol. The zero-order chi connectivity index (χ0) is 26.9. The second kappa shape index (κ2) is 12.5. The molecule has 0 aliphatic carbocycles. The van der Waals surface area contributed by atoms with Crippen molar-refractivity contribution in [3.05, 3.63) is 125 Å². The van der Waals surface area contributed by atoms with Crippen LogP contribution in [0.2, 0.25) is 0 Å². The van der Waals surface area contributed by atoms with Crippen LogP contribution in [-0.2, 0) is 17.8 Å². The number of nitrogens with two attached hydrogens (primary N) is 2. The number of nitrogens with zero attached hydrogens (tertiary/aromatic N) is 1. The van der Waals surface area contributed by atoms with Gasteiger partial charge in [0.05, 0.1) is 13.7 Å². The molecule has 4 rings (SSSR count). The topological polar surface area (TPSA) is 115 Å². The number of carbonyl (C=O) groups is 1. The van der Waals surface area contributed by atoms with E-state index in [4.69, 9.17) is 26.4 Å². The van der Waals surface area contributed by atoms with Crippen LogP contribution < -0.4 is 25.8 Å². The van der Waals surface area contributed by atoms with Crippen molar-refractivity contribution in [2.45, 2.75) is 19.0 Å². The summed E-state index contributed by atoms with van der Waals surface area (Å²) in [5, 5.41) is 7.71. The first kappa shape index (κ1) is 26.3. The maximum Gasteiger partial charge on any atom is 0.244 e. The quantitative estimate of drug-likeness (QED) is 0.187. The molecule has 5 N–H and O–H groups in total. The lowest BCUT2D eigenvalue weighted by atomic mass is 10.0. The number of hydrogen-bond acceptors (Lipinski definition) is 5. The third kappa shape index (κ3) is 6.50. The Morgan fingerprint density at radius 2 is 1.47 bits per heavy atom. The van der Waals surface area contributed by atoms with Gasteiger partial charge in [0.2, 0.25) is 5.91 Å². The smallest absolute Gasteiger partial charge is 0.244 e. The number of amides is 1. The molecule has 1 atom stereocenters. The summed E-state index contributed by atoms with van der Waals surface area (Å²) in [7, 11) is 1.57. The molecule has 1 unspecified atom stereocenters. The summed E-state index contributed by atoms with van der Waals surface area (Å²) < 4.78 is 11.6. The van der Waals surface area contributed by atoms with Crippen LogP contribution in [-0.4, -0.2) is 25.5 Å². The van der Waals surface area contributed by atoms with Crippen LogP contribution in [0.5, 0.6) is 11.5 Å². The van der Waals surface area contributed by atoms with Crippen LogP contribution in [0.4, 0.5) is 5.69 Å². The first-order valence-electron chi connectivity index (χ1n) is 12.3. The third-order valence-electron chi connectivity index (χ3n) is 6.28. The molecule has 4 aromatic carbocycles. The van der Waals surface area contributed by atoms with E-state index in [-0.39, 0.29) is 5.84 Å². The SMILES string of the molecule is COc1cc(C(C(N)=O)N(Cc2ccccc2)c2ccc(C(=N)N)cc2)ccc1OCCc1ccccc1. The normalized spacial score (nSPS) is 11.4. The van der Waals surface area contributed by atoms with Gasteiger partial charge in [-0.2, -0.15) is 0 Å². The van der Waals surface area contributed by atoms with Gasteiger partial charge in [-0.15, -0.1) is 0 Å². The summed E-state index contributed by atoms with van der Waals surface area (Å²) in [4.78, 5) is 14.9. The Balaban J connectivity index is 1.64. The van der Waals surface area contributed by atoms with E-state index in [1.165, 1.54) is 5.56 Å². The highest BCUT2D eigenvalue weighted by Crippen LogP contribution is 2.35. The highest BCUT2D eigenvalue weighted by atomic mass is 16.5. The summed E-state index contributed by atoms with van der Waals surface area (Å²) in [6.45, 7) is 0.924. The van der Waals surface area contributed by atoms with Crippen LogP contribution >= 0.6 is 0 Å². The number of benzene rings is 4. The molecular formula is C31H32N4O3. The van der Waals surface area contributed by atoms with E-state index in [2.05, 4.69) is 12.1 Å². The van der Waals surface area contributed by atoms with Crippen molar-refractivity contribution in [1.29, 1.82) is 5.41 Å². The van der Waals surface area contributed by atoms with Crippen LogP contribution in [0.3, 0.4) is 0 Å². The Labute approximate surface area is 223 Å². The number of carbonyl (C=O) groups excluding carboxylic acids is 1. The lowest BCUT2D eigenvalue weighted by molar-refractivity contribution is -0.119. The van der Waals surface area contributed by atoms with Crippen molar-refractivity contribution in [3.8, 4) is 11.5 Å². The molecule has 0 spiro atoms. The molecule has 0 aliphatic heterocycles. The maximum absolute atomic E-state index is 12.9. The molecule has 0 saturated carbocycles. The van der Waals surface area contributed by atoms with Gasteiger partial charge in [-0.05, 0) is 53.1 Å². The first-order chi connectivity index (χ1) is 18.5. The van der Waals surface area contributed by atoms with Crippen molar-refractivity contribution >= 4 is 17.4 Å². The monoisotopic (exact) mass is 508 g/mol. The van der Waals surface area contributed by atoms with Gasteiger partial charge in [-0.3, -0.25) is 10.2 Å². The second-order valence-corrected chi connectivity index (χ2v) is 8.87. The number of nitrogens with one attached hydrogen (secondary N) is 1. The van der Waals surface area contributed by atoms with Gasteiger partial charge in [0.25, 0.3) is 0 Å².